The number of anilines is 1. The van der Waals surface area contributed by atoms with Gasteiger partial charge in [0.15, 0.2) is 5.82 Å². The Hall–Kier alpha value is -4.37. The van der Waals surface area contributed by atoms with Gasteiger partial charge in [-0.25, -0.2) is 9.78 Å². The van der Waals surface area contributed by atoms with Crippen LogP contribution < -0.4 is 16.0 Å². The summed E-state index contributed by atoms with van der Waals surface area (Å²) in [5.41, 5.74) is 1.37. The summed E-state index contributed by atoms with van der Waals surface area (Å²) in [6.45, 7) is 3.01. The van der Waals surface area contributed by atoms with Gasteiger partial charge in [-0.05, 0) is 24.3 Å². The molecule has 5 rings (SSSR count). The van der Waals surface area contributed by atoms with Crippen LogP contribution in [0.1, 0.15) is 26.7 Å². The van der Waals surface area contributed by atoms with Gasteiger partial charge in [0, 0.05) is 63.6 Å². The standard InChI is InChI=1S/C26H27ClF3N9O3/c1-37-21(18-13-33-36-20(18)4-5-26(28,29)30)14-32-22(37)23(40)34-15-2-3-17(19(27)10-15)24(41)38-6-8-39(9-7-38)25(42)35-16-11-31-12-16/h2-5,10,13-14,16,31H,6-9,11-12H2,1H3,(H,33,36)(H,34,40)(H,35,42). The molecule has 0 aliphatic carbocycles. The van der Waals surface area contributed by atoms with Gasteiger partial charge in [0.1, 0.15) is 0 Å². The van der Waals surface area contributed by atoms with E-state index in [0.29, 0.717) is 43.1 Å². The molecule has 0 radical (unpaired) electrons. The normalized spacial score (nSPS) is 16.0. The number of amides is 4. The van der Waals surface area contributed by atoms with Crippen LogP contribution in [0, 0.1) is 0 Å². The van der Waals surface area contributed by atoms with Gasteiger partial charge >= 0.3 is 12.2 Å². The lowest BCUT2D eigenvalue weighted by Crippen LogP contribution is -2.61. The highest BCUT2D eigenvalue weighted by atomic mass is 35.5. The van der Waals surface area contributed by atoms with Crippen molar-refractivity contribution in [2.45, 2.75) is 12.2 Å². The molecule has 2 aliphatic heterocycles. The number of allylic oxidation sites excluding steroid dienone is 1. The number of benzene rings is 1. The summed E-state index contributed by atoms with van der Waals surface area (Å²) in [4.78, 5) is 45.9. The van der Waals surface area contributed by atoms with Gasteiger partial charge in [-0.3, -0.25) is 14.7 Å². The quantitative estimate of drug-likeness (QED) is 0.341. The van der Waals surface area contributed by atoms with Gasteiger partial charge in [-0.1, -0.05) is 11.6 Å². The number of H-pyrrole nitrogens is 1. The minimum absolute atomic E-state index is 0.0105. The third-order valence-corrected chi connectivity index (χ3v) is 7.31. The summed E-state index contributed by atoms with van der Waals surface area (Å²) in [7, 11) is 1.55. The van der Waals surface area contributed by atoms with Crippen LogP contribution in [0.5, 0.6) is 0 Å². The Bertz CT molecular complexity index is 1520. The molecular weight excluding hydrogens is 579 g/mol. The Morgan fingerprint density at radius 3 is 2.45 bits per heavy atom. The largest absolute Gasteiger partial charge is 0.409 e. The average molecular weight is 606 g/mol. The van der Waals surface area contributed by atoms with Crippen LogP contribution in [-0.2, 0) is 7.05 Å². The van der Waals surface area contributed by atoms with E-state index < -0.39 is 12.1 Å². The van der Waals surface area contributed by atoms with Crippen molar-refractivity contribution in [3.05, 3.63) is 58.8 Å². The molecule has 0 spiro atoms. The monoisotopic (exact) mass is 605 g/mol. The SMILES string of the molecule is Cn1c(-c2cn[nH]c2C=CC(F)(F)F)cnc1C(=O)Nc1ccc(C(=O)N2CCN(C(=O)NC3CNC3)CC2)c(Cl)c1. The predicted molar refractivity (Wildman–Crippen MR) is 148 cm³/mol. The number of halogens is 4. The minimum Gasteiger partial charge on any atom is -0.335 e. The Balaban J connectivity index is 1.21. The minimum atomic E-state index is -4.50. The molecular formula is C26H27ClF3N9O3. The van der Waals surface area contributed by atoms with E-state index in [2.05, 4.69) is 31.1 Å². The molecule has 0 atom stereocenters. The molecule has 42 heavy (non-hydrogen) atoms. The number of urea groups is 1. The number of aromatic amines is 1. The van der Waals surface area contributed by atoms with Crippen LogP contribution in [0.15, 0.2) is 36.7 Å². The summed E-state index contributed by atoms with van der Waals surface area (Å²) in [6.07, 6.45) is -0.870. The average Bonchev–Trinajstić information content (AvgIpc) is 3.54. The summed E-state index contributed by atoms with van der Waals surface area (Å²) in [5.74, 6) is -0.893. The van der Waals surface area contributed by atoms with Gasteiger partial charge < -0.3 is 30.3 Å². The van der Waals surface area contributed by atoms with E-state index in [1.807, 2.05) is 0 Å². The summed E-state index contributed by atoms with van der Waals surface area (Å²) in [6, 6.07) is 4.48. The number of hydrogen-bond donors (Lipinski definition) is 4. The fourth-order valence-electron chi connectivity index (χ4n) is 4.57. The van der Waals surface area contributed by atoms with E-state index in [1.54, 1.807) is 16.8 Å². The molecule has 16 heteroatoms. The van der Waals surface area contributed by atoms with E-state index in [4.69, 9.17) is 11.6 Å². The lowest BCUT2D eigenvalue weighted by molar-refractivity contribution is -0.0790. The molecule has 0 bridgehead atoms. The maximum absolute atomic E-state index is 13.1. The highest BCUT2D eigenvalue weighted by Crippen LogP contribution is 2.27. The zero-order valence-corrected chi connectivity index (χ0v) is 23.1. The number of hydrogen-bond acceptors (Lipinski definition) is 6. The van der Waals surface area contributed by atoms with Gasteiger partial charge in [-0.2, -0.15) is 18.3 Å². The number of alkyl halides is 3. The number of carbonyl (C=O) groups is 3. The zero-order chi connectivity index (χ0) is 30.0. The molecule has 0 unspecified atom stereocenters. The van der Waals surface area contributed by atoms with Crippen LogP contribution in [0.4, 0.5) is 23.7 Å². The second-order valence-electron chi connectivity index (χ2n) is 9.83. The molecule has 2 aromatic heterocycles. The Morgan fingerprint density at radius 2 is 1.81 bits per heavy atom. The van der Waals surface area contributed by atoms with Crippen molar-refractivity contribution < 1.29 is 27.6 Å². The first-order valence-electron chi connectivity index (χ1n) is 13.0. The third-order valence-electron chi connectivity index (χ3n) is 7.00. The van der Waals surface area contributed by atoms with Gasteiger partial charge in [0.05, 0.1) is 40.4 Å². The lowest BCUT2D eigenvalue weighted by Gasteiger charge is -2.37. The summed E-state index contributed by atoms with van der Waals surface area (Å²) in [5, 5.41) is 15.1. The van der Waals surface area contributed by atoms with Crippen molar-refractivity contribution in [2.75, 3.05) is 44.6 Å². The van der Waals surface area contributed by atoms with Crippen LogP contribution in [-0.4, -0.2) is 98.9 Å². The van der Waals surface area contributed by atoms with Crippen LogP contribution in [0.2, 0.25) is 5.02 Å². The van der Waals surface area contributed by atoms with E-state index in [0.717, 1.165) is 19.2 Å². The van der Waals surface area contributed by atoms with Crippen LogP contribution >= 0.6 is 11.6 Å². The summed E-state index contributed by atoms with van der Waals surface area (Å²) < 4.78 is 39.3. The van der Waals surface area contributed by atoms with Crippen molar-refractivity contribution >= 4 is 41.2 Å². The van der Waals surface area contributed by atoms with E-state index in [9.17, 15) is 27.6 Å². The number of rotatable bonds is 6. The first-order chi connectivity index (χ1) is 20.0. The molecule has 3 aromatic rings. The second-order valence-corrected chi connectivity index (χ2v) is 10.2. The highest BCUT2D eigenvalue weighted by molar-refractivity contribution is 6.34. The van der Waals surface area contributed by atoms with Crippen LogP contribution in [0.3, 0.4) is 0 Å². The number of nitrogens with one attached hydrogen (secondary N) is 4. The molecule has 2 aliphatic rings. The molecule has 2 fully saturated rings. The molecule has 4 amide bonds. The third kappa shape index (κ3) is 6.41. The Kier molecular flexibility index (Phi) is 8.22. The van der Waals surface area contributed by atoms with E-state index in [1.165, 1.54) is 35.2 Å². The fourth-order valence-corrected chi connectivity index (χ4v) is 4.83. The van der Waals surface area contributed by atoms with Crippen LogP contribution in [0.25, 0.3) is 17.3 Å². The topological polar surface area (TPSA) is 140 Å². The first-order valence-corrected chi connectivity index (χ1v) is 13.4. The maximum Gasteiger partial charge on any atom is 0.409 e. The molecule has 0 saturated carbocycles. The highest BCUT2D eigenvalue weighted by Gasteiger charge is 2.28. The fraction of sp³-hybridized carbons (Fsp3) is 0.346. The molecule has 4 heterocycles. The molecule has 4 N–H and O–H groups in total. The Labute approximate surface area is 242 Å². The van der Waals surface area contributed by atoms with Crippen molar-refractivity contribution in [2.24, 2.45) is 7.05 Å². The molecule has 1 aromatic carbocycles. The van der Waals surface area contributed by atoms with E-state index >= 15 is 0 Å². The molecule has 222 valence electrons. The van der Waals surface area contributed by atoms with Crippen molar-refractivity contribution in [1.29, 1.82) is 0 Å². The predicted octanol–water partition coefficient (Wildman–Crippen LogP) is 2.73. The summed E-state index contributed by atoms with van der Waals surface area (Å²) >= 11 is 6.42. The lowest BCUT2D eigenvalue weighted by atomic mass is 10.1. The molecule has 2 saturated heterocycles. The second kappa shape index (κ2) is 11.9. The Morgan fingerprint density at radius 1 is 1.10 bits per heavy atom. The van der Waals surface area contributed by atoms with E-state index in [-0.39, 0.29) is 46.2 Å². The number of carbonyl (C=O) groups excluding carboxylic acids is 3. The van der Waals surface area contributed by atoms with Gasteiger partial charge in [-0.15, -0.1) is 0 Å². The first kappa shape index (κ1) is 29.1. The number of nitrogens with zero attached hydrogens (tertiary/aromatic N) is 5. The van der Waals surface area contributed by atoms with Gasteiger partial charge in [0.2, 0.25) is 0 Å². The van der Waals surface area contributed by atoms with Crippen molar-refractivity contribution in [3.8, 4) is 11.3 Å². The number of piperazine rings is 1. The smallest absolute Gasteiger partial charge is 0.335 e. The number of imidazole rings is 1. The zero-order valence-electron chi connectivity index (χ0n) is 22.3. The maximum atomic E-state index is 13.1. The molecule has 12 nitrogen and oxygen atoms in total. The van der Waals surface area contributed by atoms with Crippen molar-refractivity contribution in [3.63, 3.8) is 0 Å². The van der Waals surface area contributed by atoms with Gasteiger partial charge in [0.25, 0.3) is 11.8 Å². The van der Waals surface area contributed by atoms with Crippen molar-refractivity contribution in [1.82, 2.24) is 40.2 Å². The number of aromatic nitrogens is 4.